The van der Waals surface area contributed by atoms with Gasteiger partial charge in [-0.1, -0.05) is 136 Å². The lowest BCUT2D eigenvalue weighted by Gasteiger charge is -2.39. The maximum absolute atomic E-state index is 14.1. The molecule has 0 unspecified atom stereocenters. The molecule has 3 aliphatic heterocycles. The summed E-state index contributed by atoms with van der Waals surface area (Å²) in [5, 5.41) is 30.3. The summed E-state index contributed by atoms with van der Waals surface area (Å²) in [5.41, 5.74) is 4.37. The average molecular weight is 1200 g/mol. The predicted octanol–water partition coefficient (Wildman–Crippen LogP) is 21.9. The molecule has 9 heterocycles. The summed E-state index contributed by atoms with van der Waals surface area (Å²) < 4.78 is 23.6. The lowest BCUT2D eigenvalue weighted by atomic mass is 9.81. The highest BCUT2D eigenvalue weighted by Gasteiger charge is 2.49. The maximum atomic E-state index is 14.1. The standard InChI is InChI=1S/C68H77N5O3S6/c1-8-13-18-22-34-67(35-23-19-14-9-2)53-58-51(39-47(77-58)31-28-44-26-29-46(30-27-44)72(6)7)79-60(53)62-56(75-67)64-65(81-62)57-63(82-64)61-54(68(76-57,36-24-20-15-10-3)37-25-21-16-11-4)59-52(80-61)40-48(78-59)32-33-49-50(43-71)55(45(41-69)42-70)73(66(49)74)38-17-12-5/h26-33,39-40H,8-25,34-38H2,1-7H3/b31-28+,33-32+. The van der Waals surface area contributed by atoms with E-state index in [2.05, 4.69) is 101 Å². The van der Waals surface area contributed by atoms with E-state index in [1.807, 2.05) is 81.8 Å². The molecule has 0 saturated carbocycles. The lowest BCUT2D eigenvalue weighted by molar-refractivity contribution is -0.124. The van der Waals surface area contributed by atoms with Crippen LogP contribution < -0.4 is 14.4 Å². The molecule has 10 rings (SSSR count). The number of nitrogens with zero attached hydrogens (tertiary/aromatic N) is 5. The van der Waals surface area contributed by atoms with E-state index in [1.54, 1.807) is 17.4 Å². The molecular formula is C68H77N5O3S6. The van der Waals surface area contributed by atoms with E-state index in [9.17, 15) is 20.6 Å². The molecule has 6 aromatic heterocycles. The van der Waals surface area contributed by atoms with Gasteiger partial charge in [0.1, 0.15) is 29.4 Å². The Morgan fingerprint density at radius 3 is 1.41 bits per heavy atom. The first-order valence-electron chi connectivity index (χ1n) is 30.3. The van der Waals surface area contributed by atoms with Gasteiger partial charge < -0.3 is 19.3 Å². The first-order chi connectivity index (χ1) is 40.0. The summed E-state index contributed by atoms with van der Waals surface area (Å²) >= 11 is 11.3. The van der Waals surface area contributed by atoms with Gasteiger partial charge in [0.05, 0.1) is 55.2 Å². The van der Waals surface area contributed by atoms with Gasteiger partial charge in [-0.25, -0.2) is 0 Å². The summed E-state index contributed by atoms with van der Waals surface area (Å²) in [7, 11) is 4.17. The molecule has 7 aromatic rings. The van der Waals surface area contributed by atoms with E-state index in [0.717, 1.165) is 99.8 Å². The van der Waals surface area contributed by atoms with E-state index < -0.39 is 11.2 Å². The fraction of sp³-hybridized carbons (Fsp3) is 0.471. The number of amides is 1. The molecule has 0 saturated heterocycles. The minimum atomic E-state index is -0.535. The first-order valence-corrected chi connectivity index (χ1v) is 35.2. The van der Waals surface area contributed by atoms with Crippen molar-refractivity contribution in [1.29, 1.82) is 15.8 Å². The minimum absolute atomic E-state index is 0.0784. The summed E-state index contributed by atoms with van der Waals surface area (Å²) in [4.78, 5) is 25.1. The number of hydrogen-bond donors (Lipinski definition) is 0. The fourth-order valence-corrected chi connectivity index (χ4v) is 20.7. The van der Waals surface area contributed by atoms with Crippen molar-refractivity contribution in [3.05, 3.63) is 91.3 Å². The van der Waals surface area contributed by atoms with Gasteiger partial charge in [0.15, 0.2) is 17.1 Å². The number of allylic oxidation sites excluding steroid dienone is 2. The molecule has 8 nitrogen and oxygen atoms in total. The molecule has 428 valence electrons. The van der Waals surface area contributed by atoms with Crippen molar-refractivity contribution in [3.63, 3.8) is 0 Å². The molecule has 0 bridgehead atoms. The highest BCUT2D eigenvalue weighted by Crippen LogP contribution is 2.68. The van der Waals surface area contributed by atoms with Crippen molar-refractivity contribution in [2.75, 3.05) is 25.5 Å². The zero-order chi connectivity index (χ0) is 57.5. The fourth-order valence-electron chi connectivity index (χ4n) is 12.3. The van der Waals surface area contributed by atoms with Gasteiger partial charge in [-0.05, 0) is 106 Å². The van der Waals surface area contributed by atoms with Crippen molar-refractivity contribution < 1.29 is 14.3 Å². The van der Waals surface area contributed by atoms with Crippen molar-refractivity contribution in [2.24, 2.45) is 0 Å². The quantitative estimate of drug-likeness (QED) is 0.0354. The van der Waals surface area contributed by atoms with Crippen molar-refractivity contribution in [1.82, 2.24) is 4.90 Å². The van der Waals surface area contributed by atoms with Crippen LogP contribution in [0, 0.1) is 34.0 Å². The predicted molar refractivity (Wildman–Crippen MR) is 353 cm³/mol. The molecule has 0 atom stereocenters. The number of carbonyl (C=O) groups excluding carboxylic acids is 1. The van der Waals surface area contributed by atoms with Crippen LogP contribution in [0.2, 0.25) is 0 Å². The Morgan fingerprint density at radius 1 is 0.549 bits per heavy atom. The summed E-state index contributed by atoms with van der Waals surface area (Å²) in [6, 6.07) is 19.5. The zero-order valence-corrected chi connectivity index (χ0v) is 53.8. The zero-order valence-electron chi connectivity index (χ0n) is 48.9. The van der Waals surface area contributed by atoms with Crippen LogP contribution in [0.5, 0.6) is 11.5 Å². The van der Waals surface area contributed by atoms with Gasteiger partial charge in [-0.15, -0.1) is 68.0 Å². The van der Waals surface area contributed by atoms with E-state index >= 15 is 0 Å². The second kappa shape index (κ2) is 26.6. The SMILES string of the molecule is CCCCCCC1(CCCCCC)Oc2c(sc3c4c(sc23)-c2sc3cc(/C=C/c5ccc(N(C)C)cc5)sc3c2C(CCCCCC)(CCCCCC)O4)-c2sc3cc(/C=C/C4=C(C#N)C(=C(C#N)C#N)N(CCCC)C4=O)sc3c21. The van der Waals surface area contributed by atoms with Crippen molar-refractivity contribution >= 4 is 126 Å². The topological polar surface area (TPSA) is 113 Å². The van der Waals surface area contributed by atoms with E-state index in [-0.39, 0.29) is 28.3 Å². The number of benzene rings is 1. The van der Waals surface area contributed by atoms with Gasteiger partial charge in [0.2, 0.25) is 0 Å². The van der Waals surface area contributed by atoms with Gasteiger partial charge in [-0.3, -0.25) is 4.79 Å². The first kappa shape index (κ1) is 59.7. The van der Waals surface area contributed by atoms with E-state index in [4.69, 9.17) is 9.47 Å². The molecule has 0 N–H and O–H groups in total. The monoisotopic (exact) mass is 1200 g/mol. The molecule has 0 aliphatic carbocycles. The second-order valence-corrected chi connectivity index (χ2v) is 29.0. The third-order valence-corrected chi connectivity index (χ3v) is 24.2. The third kappa shape index (κ3) is 11.6. The Labute approximate surface area is 510 Å². The van der Waals surface area contributed by atoms with Crippen molar-refractivity contribution in [2.45, 2.75) is 187 Å². The molecular weight excluding hydrogens is 1130 g/mol. The van der Waals surface area contributed by atoms with Crippen LogP contribution in [0.25, 0.3) is 65.9 Å². The van der Waals surface area contributed by atoms with Gasteiger partial charge in [0, 0.05) is 56.6 Å². The van der Waals surface area contributed by atoms with Crippen LogP contribution in [0.4, 0.5) is 5.69 Å². The normalized spacial score (nSPS) is 15.1. The van der Waals surface area contributed by atoms with Crippen LogP contribution >= 0.6 is 68.0 Å². The summed E-state index contributed by atoms with van der Waals surface area (Å²) in [6.45, 7) is 11.5. The van der Waals surface area contributed by atoms with Crippen LogP contribution in [-0.4, -0.2) is 31.4 Å². The van der Waals surface area contributed by atoms with Crippen LogP contribution in [-0.2, 0) is 16.0 Å². The van der Waals surface area contributed by atoms with Crippen molar-refractivity contribution in [3.8, 4) is 49.2 Å². The Bertz CT molecular complexity index is 3670. The number of thiophene rings is 6. The number of hydrogen-bond acceptors (Lipinski definition) is 13. The van der Waals surface area contributed by atoms with Gasteiger partial charge >= 0.3 is 0 Å². The number of carbonyl (C=O) groups is 1. The van der Waals surface area contributed by atoms with Crippen LogP contribution in [0.1, 0.15) is 202 Å². The van der Waals surface area contributed by atoms with Crippen LogP contribution in [0.15, 0.2) is 64.9 Å². The molecule has 1 aromatic carbocycles. The lowest BCUT2D eigenvalue weighted by Crippen LogP contribution is -2.35. The molecule has 3 aliphatic rings. The summed E-state index contributed by atoms with van der Waals surface area (Å²) in [6.07, 6.45) is 32.2. The largest absolute Gasteiger partial charge is 0.479 e. The third-order valence-electron chi connectivity index (χ3n) is 16.7. The molecule has 0 radical (unpaired) electrons. The number of nitriles is 3. The number of ether oxygens (including phenoxy) is 2. The smallest absolute Gasteiger partial charge is 0.259 e. The summed E-state index contributed by atoms with van der Waals surface area (Å²) in [5.74, 6) is 1.76. The highest BCUT2D eigenvalue weighted by molar-refractivity contribution is 7.37. The number of unbranched alkanes of at least 4 members (excludes halogenated alkanes) is 13. The number of rotatable bonds is 28. The average Bonchev–Trinajstić information content (AvgIpc) is 3.96. The minimum Gasteiger partial charge on any atom is -0.479 e. The van der Waals surface area contributed by atoms with E-state index in [0.29, 0.717) is 13.0 Å². The Hall–Kier alpha value is -5.50. The maximum Gasteiger partial charge on any atom is 0.259 e. The molecule has 14 heteroatoms. The van der Waals surface area contributed by atoms with E-state index in [1.165, 1.54) is 131 Å². The second-order valence-electron chi connectivity index (χ2n) is 22.7. The Kier molecular flexibility index (Phi) is 19.4. The molecule has 82 heavy (non-hydrogen) atoms. The number of fused-ring (bicyclic) bond motifs is 13. The molecule has 0 spiro atoms. The Balaban J connectivity index is 1.11. The highest BCUT2D eigenvalue weighted by atomic mass is 32.1. The Morgan fingerprint density at radius 2 is 1.00 bits per heavy atom. The van der Waals surface area contributed by atoms with Crippen LogP contribution in [0.3, 0.4) is 0 Å². The number of anilines is 1. The molecule has 0 fully saturated rings. The van der Waals surface area contributed by atoms with Gasteiger partial charge in [0.25, 0.3) is 5.91 Å². The van der Waals surface area contributed by atoms with Gasteiger partial charge in [-0.2, -0.15) is 15.8 Å². The molecule has 1 amide bonds.